The zero-order valence-electron chi connectivity index (χ0n) is 7.99. The van der Waals surface area contributed by atoms with Crippen LogP contribution in [0.3, 0.4) is 0 Å². The van der Waals surface area contributed by atoms with Gasteiger partial charge in [-0.15, -0.1) is 0 Å². The van der Waals surface area contributed by atoms with Crippen molar-refractivity contribution in [2.24, 2.45) is 0 Å². The Labute approximate surface area is 78.7 Å². The van der Waals surface area contributed by atoms with Gasteiger partial charge in [0, 0.05) is 0 Å². The maximum Gasteiger partial charge on any atom is 0.508 e. The van der Waals surface area contributed by atoms with E-state index in [4.69, 9.17) is 4.74 Å². The number of carbonyl (C=O) groups excluding carboxylic acids is 1. The molecule has 0 unspecified atom stereocenters. The molecular formula is C10H16O3. The van der Waals surface area contributed by atoms with Crippen LogP contribution >= 0.6 is 0 Å². The van der Waals surface area contributed by atoms with Crippen LogP contribution < -0.4 is 0 Å². The topological polar surface area (TPSA) is 35.5 Å². The summed E-state index contributed by atoms with van der Waals surface area (Å²) < 4.78 is 9.46. The monoisotopic (exact) mass is 184 g/mol. The molecule has 1 rings (SSSR count). The molecule has 74 valence electrons. The largest absolute Gasteiger partial charge is 0.508 e. The van der Waals surface area contributed by atoms with E-state index in [0.29, 0.717) is 0 Å². The van der Waals surface area contributed by atoms with Crippen LogP contribution in [-0.2, 0) is 9.47 Å². The van der Waals surface area contributed by atoms with Crippen molar-refractivity contribution in [3.05, 3.63) is 12.2 Å². The highest BCUT2D eigenvalue weighted by molar-refractivity contribution is 5.60. The molecule has 0 aliphatic heterocycles. The van der Waals surface area contributed by atoms with E-state index < -0.39 is 6.16 Å². The van der Waals surface area contributed by atoms with E-state index in [9.17, 15) is 4.79 Å². The van der Waals surface area contributed by atoms with Gasteiger partial charge in [-0.25, -0.2) is 4.79 Å². The van der Waals surface area contributed by atoms with Gasteiger partial charge in [0.05, 0.1) is 7.11 Å². The number of hydrogen-bond donors (Lipinski definition) is 0. The molecule has 0 amide bonds. The Hall–Kier alpha value is -0.990. The first-order valence-electron chi connectivity index (χ1n) is 4.74. The van der Waals surface area contributed by atoms with Crippen LogP contribution in [0.15, 0.2) is 12.2 Å². The fourth-order valence-electron chi connectivity index (χ4n) is 1.40. The van der Waals surface area contributed by atoms with Crippen molar-refractivity contribution in [3.63, 3.8) is 0 Å². The van der Waals surface area contributed by atoms with Crippen molar-refractivity contribution < 1.29 is 14.3 Å². The molecule has 13 heavy (non-hydrogen) atoms. The van der Waals surface area contributed by atoms with E-state index >= 15 is 0 Å². The molecule has 0 N–H and O–H groups in total. The standard InChI is InChI=1S/C10H16O3/c1-12-10(11)13-9-7-5-3-2-4-6-8-9/h5,7,9H,2-4,6,8H2,1H3/b7-5-/t9-/m1/s1. The third-order valence-corrected chi connectivity index (χ3v) is 2.12. The van der Waals surface area contributed by atoms with Crippen LogP contribution in [0.2, 0.25) is 0 Å². The van der Waals surface area contributed by atoms with Gasteiger partial charge in [-0.2, -0.15) is 0 Å². The summed E-state index contributed by atoms with van der Waals surface area (Å²) in [5, 5.41) is 0. The molecule has 0 saturated heterocycles. The molecule has 0 aromatic heterocycles. The van der Waals surface area contributed by atoms with Gasteiger partial charge < -0.3 is 9.47 Å². The van der Waals surface area contributed by atoms with E-state index in [0.717, 1.165) is 19.3 Å². The average Bonchev–Trinajstić information content (AvgIpc) is 2.09. The number of carbonyl (C=O) groups is 1. The van der Waals surface area contributed by atoms with Gasteiger partial charge in [0.2, 0.25) is 0 Å². The van der Waals surface area contributed by atoms with Crippen LogP contribution in [0, 0.1) is 0 Å². The summed E-state index contributed by atoms with van der Waals surface area (Å²) in [7, 11) is 1.33. The van der Waals surface area contributed by atoms with Crippen molar-refractivity contribution in [3.8, 4) is 0 Å². The molecule has 0 bridgehead atoms. The number of rotatable bonds is 1. The minimum atomic E-state index is -0.588. The van der Waals surface area contributed by atoms with Crippen LogP contribution in [0.5, 0.6) is 0 Å². The Bertz CT molecular complexity index is 187. The lowest BCUT2D eigenvalue weighted by Gasteiger charge is -2.14. The van der Waals surface area contributed by atoms with Gasteiger partial charge in [0.25, 0.3) is 0 Å². The number of ether oxygens (including phenoxy) is 2. The lowest BCUT2D eigenvalue weighted by Crippen LogP contribution is -2.16. The highest BCUT2D eigenvalue weighted by Gasteiger charge is 2.11. The van der Waals surface area contributed by atoms with E-state index in [2.05, 4.69) is 10.8 Å². The first-order valence-corrected chi connectivity index (χ1v) is 4.74. The Kier molecular flexibility index (Phi) is 4.36. The predicted octanol–water partition coefficient (Wildman–Crippen LogP) is 2.66. The number of hydrogen-bond acceptors (Lipinski definition) is 3. The summed E-state index contributed by atoms with van der Waals surface area (Å²) >= 11 is 0. The molecule has 0 fully saturated rings. The summed E-state index contributed by atoms with van der Waals surface area (Å²) in [4.78, 5) is 10.8. The third kappa shape index (κ3) is 3.97. The summed E-state index contributed by atoms with van der Waals surface area (Å²) in [6.07, 6.45) is 8.91. The zero-order chi connectivity index (χ0) is 9.52. The maximum absolute atomic E-state index is 10.8. The Morgan fingerprint density at radius 1 is 1.38 bits per heavy atom. The summed E-state index contributed by atoms with van der Waals surface area (Å²) in [6.45, 7) is 0. The summed E-state index contributed by atoms with van der Waals surface area (Å²) in [6, 6.07) is 0. The molecule has 1 aliphatic carbocycles. The second kappa shape index (κ2) is 5.62. The minimum absolute atomic E-state index is 0.0900. The zero-order valence-corrected chi connectivity index (χ0v) is 7.99. The first kappa shape index (κ1) is 10.1. The van der Waals surface area contributed by atoms with Crippen LogP contribution in [0.4, 0.5) is 4.79 Å². The predicted molar refractivity (Wildman–Crippen MR) is 49.5 cm³/mol. The normalized spacial score (nSPS) is 25.5. The van der Waals surface area contributed by atoms with Gasteiger partial charge in [-0.1, -0.05) is 12.5 Å². The quantitative estimate of drug-likeness (QED) is 0.464. The molecule has 3 heteroatoms. The molecule has 0 radical (unpaired) electrons. The van der Waals surface area contributed by atoms with Crippen LogP contribution in [0.1, 0.15) is 32.1 Å². The van der Waals surface area contributed by atoms with Gasteiger partial charge >= 0.3 is 6.16 Å². The summed E-state index contributed by atoms with van der Waals surface area (Å²) in [5.41, 5.74) is 0. The number of methoxy groups -OCH3 is 1. The molecule has 1 aliphatic rings. The Balaban J connectivity index is 2.37. The Morgan fingerprint density at radius 2 is 2.23 bits per heavy atom. The summed E-state index contributed by atoms with van der Waals surface area (Å²) in [5.74, 6) is 0. The third-order valence-electron chi connectivity index (χ3n) is 2.12. The highest BCUT2D eigenvalue weighted by atomic mass is 16.7. The van der Waals surface area contributed by atoms with Gasteiger partial charge in [0.1, 0.15) is 6.10 Å². The van der Waals surface area contributed by atoms with E-state index in [1.54, 1.807) is 0 Å². The fourth-order valence-corrected chi connectivity index (χ4v) is 1.40. The van der Waals surface area contributed by atoms with E-state index in [1.807, 2.05) is 6.08 Å². The van der Waals surface area contributed by atoms with E-state index in [1.165, 1.54) is 20.0 Å². The van der Waals surface area contributed by atoms with Crippen LogP contribution in [-0.4, -0.2) is 19.4 Å². The average molecular weight is 184 g/mol. The smallest absolute Gasteiger partial charge is 0.438 e. The number of allylic oxidation sites excluding steroid dienone is 1. The highest BCUT2D eigenvalue weighted by Crippen LogP contribution is 2.14. The molecule has 0 aromatic rings. The molecular weight excluding hydrogens is 168 g/mol. The van der Waals surface area contributed by atoms with Crippen molar-refractivity contribution in [1.29, 1.82) is 0 Å². The van der Waals surface area contributed by atoms with Crippen molar-refractivity contribution in [1.82, 2.24) is 0 Å². The molecule has 0 aromatic carbocycles. The maximum atomic E-state index is 10.8. The lowest BCUT2D eigenvalue weighted by atomic mass is 10.0. The van der Waals surface area contributed by atoms with E-state index in [-0.39, 0.29) is 6.10 Å². The SMILES string of the molecule is COC(=O)O[C@@H]1/C=C\CCCCC1. The molecule has 0 heterocycles. The molecule has 3 nitrogen and oxygen atoms in total. The lowest BCUT2D eigenvalue weighted by molar-refractivity contribution is 0.0488. The van der Waals surface area contributed by atoms with Gasteiger partial charge in [0.15, 0.2) is 0 Å². The second-order valence-corrected chi connectivity index (χ2v) is 3.18. The molecule has 0 saturated carbocycles. The molecule has 1 atom stereocenters. The van der Waals surface area contributed by atoms with Gasteiger partial charge in [-0.05, 0) is 31.8 Å². The molecule has 0 spiro atoms. The minimum Gasteiger partial charge on any atom is -0.438 e. The second-order valence-electron chi connectivity index (χ2n) is 3.18. The van der Waals surface area contributed by atoms with Crippen LogP contribution in [0.25, 0.3) is 0 Å². The Morgan fingerprint density at radius 3 is 3.00 bits per heavy atom. The van der Waals surface area contributed by atoms with Crippen molar-refractivity contribution in [2.75, 3.05) is 7.11 Å². The van der Waals surface area contributed by atoms with Crippen molar-refractivity contribution >= 4 is 6.16 Å². The van der Waals surface area contributed by atoms with Crippen molar-refractivity contribution in [2.45, 2.75) is 38.2 Å². The van der Waals surface area contributed by atoms with Gasteiger partial charge in [-0.3, -0.25) is 0 Å². The first-order chi connectivity index (χ1) is 6.33. The fraction of sp³-hybridized carbons (Fsp3) is 0.700.